The summed E-state index contributed by atoms with van der Waals surface area (Å²) in [6.45, 7) is 2.15. The largest absolute Gasteiger partial charge is 0.458 e. The van der Waals surface area contributed by atoms with E-state index < -0.39 is 0 Å². The molecule has 0 unspecified atom stereocenters. The van der Waals surface area contributed by atoms with Crippen LogP contribution in [0.4, 0.5) is 34.1 Å². The quantitative estimate of drug-likeness (QED) is 0.172. The third kappa shape index (κ3) is 4.33. The Bertz CT molecular complexity index is 2860. The van der Waals surface area contributed by atoms with Crippen LogP contribution < -0.4 is 30.9 Å². The Morgan fingerprint density at radius 2 is 1.29 bits per heavy atom. The Hall–Kier alpha value is -6.30. The van der Waals surface area contributed by atoms with Gasteiger partial charge in [-0.2, -0.15) is 0 Å². The summed E-state index contributed by atoms with van der Waals surface area (Å²) >= 11 is 1.86. The number of ether oxygens (including phenoxy) is 1. The van der Waals surface area contributed by atoms with Gasteiger partial charge in [0.05, 0.1) is 10.4 Å². The second kappa shape index (κ2) is 11.4. The highest BCUT2D eigenvalue weighted by atomic mass is 32.1. The molecule has 0 atom stereocenters. The maximum Gasteiger partial charge on any atom is 0.257 e. The van der Waals surface area contributed by atoms with Gasteiger partial charge in [0.25, 0.3) is 6.71 Å². The fourth-order valence-corrected chi connectivity index (χ4v) is 9.67. The second-order valence-electron chi connectivity index (χ2n) is 13.8. The van der Waals surface area contributed by atoms with Gasteiger partial charge in [-0.1, -0.05) is 109 Å². The van der Waals surface area contributed by atoms with Crippen LogP contribution in [0.5, 0.6) is 11.5 Å². The Balaban J connectivity index is 1.14. The highest BCUT2D eigenvalue weighted by molar-refractivity contribution is 7.26. The zero-order valence-electron chi connectivity index (χ0n) is 28.5. The molecular weight excluding hydrogens is 651 g/mol. The normalized spacial score (nSPS) is 12.8. The molecule has 2 aliphatic rings. The van der Waals surface area contributed by atoms with Crippen LogP contribution in [-0.4, -0.2) is 6.71 Å². The minimum absolute atomic E-state index is 0.00362. The number of hydrogen-bond donors (Lipinski definition) is 0. The summed E-state index contributed by atoms with van der Waals surface area (Å²) in [6.07, 6.45) is 0. The predicted octanol–water partition coefficient (Wildman–Crippen LogP) is 11.4. The van der Waals surface area contributed by atoms with Crippen LogP contribution in [0.3, 0.4) is 0 Å². The number of aryl methyl sites for hydroxylation is 1. The van der Waals surface area contributed by atoms with Crippen LogP contribution in [-0.2, 0) is 0 Å². The third-order valence-corrected chi connectivity index (χ3v) is 12.0. The van der Waals surface area contributed by atoms with Crippen molar-refractivity contribution in [3.8, 4) is 11.5 Å². The van der Waals surface area contributed by atoms with E-state index in [1.165, 1.54) is 58.6 Å². The van der Waals surface area contributed by atoms with Gasteiger partial charge < -0.3 is 14.5 Å². The topological polar surface area (TPSA) is 15.7 Å². The Kier molecular flexibility index (Phi) is 6.43. The monoisotopic (exact) mass is 682 g/mol. The minimum Gasteiger partial charge on any atom is -0.458 e. The maximum atomic E-state index is 7.00. The summed E-state index contributed by atoms with van der Waals surface area (Å²) < 4.78 is 9.57. The van der Waals surface area contributed by atoms with Gasteiger partial charge >= 0.3 is 0 Å². The van der Waals surface area contributed by atoms with Crippen LogP contribution in [0, 0.1) is 6.92 Å². The fourth-order valence-electron chi connectivity index (χ4n) is 8.47. The molecule has 0 saturated heterocycles. The van der Waals surface area contributed by atoms with Crippen LogP contribution >= 0.6 is 11.3 Å². The van der Waals surface area contributed by atoms with Crippen LogP contribution in [0.15, 0.2) is 170 Å². The van der Waals surface area contributed by atoms with Crippen molar-refractivity contribution in [1.29, 1.82) is 0 Å². The molecule has 9 aromatic rings. The second-order valence-corrected chi connectivity index (χ2v) is 14.8. The van der Waals surface area contributed by atoms with Crippen molar-refractivity contribution in [1.82, 2.24) is 0 Å². The van der Waals surface area contributed by atoms with E-state index in [9.17, 15) is 0 Å². The SMILES string of the molecule is Cc1ccc(N(c2ccc3c(c2)Oc2cccc4c2B3c2c(ccc3ccccc23)N4c2ccccc2)c2cccc3c2sc2ccccc23)cc1. The molecule has 0 saturated carbocycles. The molecule has 0 spiro atoms. The number of nitrogens with zero attached hydrogens (tertiary/aromatic N) is 2. The molecule has 2 aliphatic heterocycles. The number of para-hydroxylation sites is 1. The zero-order valence-corrected chi connectivity index (χ0v) is 29.3. The van der Waals surface area contributed by atoms with E-state index in [1.54, 1.807) is 0 Å². The van der Waals surface area contributed by atoms with Crippen molar-refractivity contribution in [2.45, 2.75) is 6.92 Å². The first-order valence-corrected chi connectivity index (χ1v) is 18.6. The fraction of sp³-hybridized carbons (Fsp3) is 0.0213. The summed E-state index contributed by atoms with van der Waals surface area (Å²) in [5, 5.41) is 5.07. The summed E-state index contributed by atoms with van der Waals surface area (Å²) in [5.41, 5.74) is 11.8. The van der Waals surface area contributed by atoms with E-state index >= 15 is 0 Å². The highest BCUT2D eigenvalue weighted by Gasteiger charge is 2.42. The lowest BCUT2D eigenvalue weighted by atomic mass is 9.33. The van der Waals surface area contributed by atoms with Crippen molar-refractivity contribution in [3.05, 3.63) is 175 Å². The van der Waals surface area contributed by atoms with E-state index in [1.807, 2.05) is 11.3 Å². The smallest absolute Gasteiger partial charge is 0.257 e. The number of anilines is 6. The van der Waals surface area contributed by atoms with E-state index in [2.05, 4.69) is 187 Å². The first-order chi connectivity index (χ1) is 25.7. The summed E-state index contributed by atoms with van der Waals surface area (Å²) in [5.74, 6) is 1.79. The Labute approximate surface area is 306 Å². The average molecular weight is 683 g/mol. The molecule has 1 aromatic heterocycles. The molecule has 0 bridgehead atoms. The summed E-state index contributed by atoms with van der Waals surface area (Å²) in [7, 11) is 0. The molecule has 5 heteroatoms. The molecule has 11 rings (SSSR count). The highest BCUT2D eigenvalue weighted by Crippen LogP contribution is 2.47. The van der Waals surface area contributed by atoms with E-state index in [4.69, 9.17) is 4.74 Å². The molecule has 52 heavy (non-hydrogen) atoms. The lowest BCUT2D eigenvalue weighted by Gasteiger charge is -2.40. The van der Waals surface area contributed by atoms with Crippen LogP contribution in [0.25, 0.3) is 30.9 Å². The van der Waals surface area contributed by atoms with E-state index in [0.717, 1.165) is 39.9 Å². The third-order valence-electron chi connectivity index (χ3n) is 10.8. The van der Waals surface area contributed by atoms with Gasteiger partial charge in [0.1, 0.15) is 11.5 Å². The number of benzene rings is 8. The van der Waals surface area contributed by atoms with Gasteiger partial charge in [-0.15, -0.1) is 11.3 Å². The molecule has 3 nitrogen and oxygen atoms in total. The molecule has 0 N–H and O–H groups in total. The van der Waals surface area contributed by atoms with Crippen molar-refractivity contribution in [2.24, 2.45) is 0 Å². The molecule has 8 aromatic carbocycles. The zero-order chi connectivity index (χ0) is 34.3. The van der Waals surface area contributed by atoms with Gasteiger partial charge in [0, 0.05) is 50.0 Å². The molecule has 0 radical (unpaired) electrons. The lowest BCUT2D eigenvalue weighted by Crippen LogP contribution is -2.59. The molecule has 3 heterocycles. The number of hydrogen-bond acceptors (Lipinski definition) is 4. The maximum absolute atomic E-state index is 7.00. The van der Waals surface area contributed by atoms with Crippen molar-refractivity contribution in [2.75, 3.05) is 9.80 Å². The van der Waals surface area contributed by atoms with E-state index in [-0.39, 0.29) is 6.71 Å². The van der Waals surface area contributed by atoms with Gasteiger partial charge in [-0.05, 0) is 94.7 Å². The van der Waals surface area contributed by atoms with Crippen molar-refractivity contribution >= 4 is 99.5 Å². The average Bonchev–Trinajstić information content (AvgIpc) is 3.58. The molecule has 0 aliphatic carbocycles. The van der Waals surface area contributed by atoms with Gasteiger partial charge in [-0.25, -0.2) is 0 Å². The van der Waals surface area contributed by atoms with E-state index in [0.29, 0.717) is 0 Å². The standard InChI is InChI=1S/C47H31BN2OS/c1-30-21-24-33(25-22-30)49(41-18-9-16-37-36-15-7-8-20-44(36)52-47(37)41)34-26-27-38-43(29-34)51-42-19-10-17-39-46(42)48(38)45-35-14-6-5-11-31(35)23-28-40(45)50(39)32-12-3-2-4-13-32/h2-29H,1H3. The Morgan fingerprint density at radius 3 is 2.17 bits per heavy atom. The molecule has 244 valence electrons. The molecule has 0 fully saturated rings. The van der Waals surface area contributed by atoms with Crippen molar-refractivity contribution in [3.63, 3.8) is 0 Å². The lowest BCUT2D eigenvalue weighted by molar-refractivity contribution is 0.487. The number of thiophene rings is 1. The molecular formula is C47H31BN2OS. The summed E-state index contributed by atoms with van der Waals surface area (Å²) in [6, 6.07) is 61.7. The summed E-state index contributed by atoms with van der Waals surface area (Å²) in [4.78, 5) is 4.80. The Morgan fingerprint density at radius 1 is 0.558 bits per heavy atom. The first-order valence-electron chi connectivity index (χ1n) is 17.8. The minimum atomic E-state index is 0.00362. The van der Waals surface area contributed by atoms with Crippen molar-refractivity contribution < 1.29 is 4.74 Å². The van der Waals surface area contributed by atoms with Gasteiger partial charge in [0.15, 0.2) is 0 Å². The number of rotatable bonds is 4. The van der Waals surface area contributed by atoms with Crippen LogP contribution in [0.1, 0.15) is 5.56 Å². The first kappa shape index (κ1) is 29.4. The van der Waals surface area contributed by atoms with Gasteiger partial charge in [0.2, 0.25) is 0 Å². The number of fused-ring (bicyclic) bond motifs is 9. The molecule has 0 amide bonds. The predicted molar refractivity (Wildman–Crippen MR) is 222 cm³/mol. The van der Waals surface area contributed by atoms with Crippen LogP contribution in [0.2, 0.25) is 0 Å². The van der Waals surface area contributed by atoms with Gasteiger partial charge in [-0.3, -0.25) is 0 Å².